The highest BCUT2D eigenvalue weighted by molar-refractivity contribution is 5.95. The Morgan fingerprint density at radius 1 is 1.35 bits per heavy atom. The number of nitrogens with one attached hydrogen (secondary N) is 1. The van der Waals surface area contributed by atoms with Crippen molar-refractivity contribution >= 4 is 17.7 Å². The molecule has 1 aliphatic rings. The Bertz CT molecular complexity index is 969. The summed E-state index contributed by atoms with van der Waals surface area (Å²) in [5.41, 5.74) is -0.357. The van der Waals surface area contributed by atoms with Crippen LogP contribution in [0.2, 0.25) is 0 Å². The highest BCUT2D eigenvalue weighted by atomic mass is 16.6. The van der Waals surface area contributed by atoms with E-state index in [9.17, 15) is 19.7 Å². The molecule has 31 heavy (non-hydrogen) atoms. The zero-order valence-electron chi connectivity index (χ0n) is 17.9. The van der Waals surface area contributed by atoms with E-state index in [0.717, 1.165) is 0 Å². The van der Waals surface area contributed by atoms with Gasteiger partial charge in [0.05, 0.1) is 4.92 Å². The first-order chi connectivity index (χ1) is 14.5. The average Bonchev–Trinajstić information content (AvgIpc) is 3.34. The van der Waals surface area contributed by atoms with Gasteiger partial charge in [-0.25, -0.2) is 14.5 Å². The lowest BCUT2D eigenvalue weighted by Gasteiger charge is -2.22. The number of nitro benzene ring substituents is 1. The van der Waals surface area contributed by atoms with Crippen LogP contribution in [-0.2, 0) is 4.74 Å². The van der Waals surface area contributed by atoms with Crippen LogP contribution >= 0.6 is 0 Å². The summed E-state index contributed by atoms with van der Waals surface area (Å²) < 4.78 is 6.52. The molecule has 2 heterocycles. The van der Waals surface area contributed by atoms with Crippen molar-refractivity contribution in [3.63, 3.8) is 0 Å². The first kappa shape index (κ1) is 22.2. The van der Waals surface area contributed by atoms with Gasteiger partial charge in [0, 0.05) is 30.8 Å². The standard InChI is InChI=1S/C20H26N6O5/c1-13-7-14(9-22-19(28)31-20(2,3)4)10-24(13)18(27)15-5-6-16(17(8-15)26(29)30)25-12-21-11-23-25/h5-6,8,11-14H,7,9-10H2,1-4H3,(H,22,28)/t13-,14-/m0/s1. The summed E-state index contributed by atoms with van der Waals surface area (Å²) in [4.78, 5) is 41.4. The Morgan fingerprint density at radius 2 is 2.10 bits per heavy atom. The number of hydrogen-bond donors (Lipinski definition) is 1. The van der Waals surface area contributed by atoms with Gasteiger partial charge in [0.15, 0.2) is 0 Å². The number of aromatic nitrogens is 3. The molecule has 1 saturated heterocycles. The number of rotatable bonds is 5. The monoisotopic (exact) mass is 430 g/mol. The molecule has 0 bridgehead atoms. The Balaban J connectivity index is 1.69. The number of amides is 2. The van der Waals surface area contributed by atoms with E-state index in [1.54, 1.807) is 31.7 Å². The van der Waals surface area contributed by atoms with Crippen molar-refractivity contribution in [3.8, 4) is 5.69 Å². The molecule has 11 nitrogen and oxygen atoms in total. The minimum Gasteiger partial charge on any atom is -0.444 e. The second kappa shape index (κ2) is 8.70. The minimum atomic E-state index is -0.581. The third kappa shape index (κ3) is 5.36. The molecule has 3 rings (SSSR count). The molecule has 166 valence electrons. The summed E-state index contributed by atoms with van der Waals surface area (Å²) >= 11 is 0. The Hall–Kier alpha value is -3.50. The smallest absolute Gasteiger partial charge is 0.407 e. The van der Waals surface area contributed by atoms with Crippen molar-refractivity contribution in [2.75, 3.05) is 13.1 Å². The van der Waals surface area contributed by atoms with Gasteiger partial charge in [-0.05, 0) is 52.2 Å². The topological polar surface area (TPSA) is 132 Å². The van der Waals surface area contributed by atoms with E-state index in [-0.39, 0.29) is 34.8 Å². The van der Waals surface area contributed by atoms with Gasteiger partial charge in [0.1, 0.15) is 23.9 Å². The molecule has 1 fully saturated rings. The maximum absolute atomic E-state index is 13.1. The van der Waals surface area contributed by atoms with Crippen LogP contribution in [0.1, 0.15) is 44.5 Å². The zero-order valence-corrected chi connectivity index (χ0v) is 17.9. The number of nitrogens with zero attached hydrogens (tertiary/aromatic N) is 5. The first-order valence-corrected chi connectivity index (χ1v) is 9.96. The van der Waals surface area contributed by atoms with Crippen LogP contribution in [0.25, 0.3) is 5.69 Å². The van der Waals surface area contributed by atoms with Crippen molar-refractivity contribution < 1.29 is 19.2 Å². The van der Waals surface area contributed by atoms with Crippen molar-refractivity contribution in [1.29, 1.82) is 0 Å². The Labute approximate surface area is 179 Å². The van der Waals surface area contributed by atoms with E-state index in [0.29, 0.717) is 19.5 Å². The largest absolute Gasteiger partial charge is 0.444 e. The van der Waals surface area contributed by atoms with Gasteiger partial charge in [-0.1, -0.05) is 0 Å². The lowest BCUT2D eigenvalue weighted by molar-refractivity contribution is -0.384. The van der Waals surface area contributed by atoms with Crippen molar-refractivity contribution in [3.05, 3.63) is 46.5 Å². The predicted molar refractivity (Wildman–Crippen MR) is 111 cm³/mol. The predicted octanol–water partition coefficient (Wildman–Crippen LogP) is 2.55. The maximum atomic E-state index is 13.1. The first-order valence-electron chi connectivity index (χ1n) is 9.96. The SMILES string of the molecule is C[C@H]1C[C@@H](CNC(=O)OC(C)(C)C)CN1C(=O)c1ccc(-n2cncn2)c([N+](=O)[O-])c1. The van der Waals surface area contributed by atoms with Crippen LogP contribution in [-0.4, -0.2) is 61.3 Å². The van der Waals surface area contributed by atoms with Crippen molar-refractivity contribution in [2.24, 2.45) is 5.92 Å². The van der Waals surface area contributed by atoms with Gasteiger partial charge >= 0.3 is 6.09 Å². The lowest BCUT2D eigenvalue weighted by atomic mass is 10.1. The van der Waals surface area contributed by atoms with Gasteiger partial charge in [0.2, 0.25) is 0 Å². The fourth-order valence-corrected chi connectivity index (χ4v) is 3.61. The molecule has 0 aliphatic carbocycles. The van der Waals surface area contributed by atoms with E-state index >= 15 is 0 Å². The van der Waals surface area contributed by atoms with Gasteiger partial charge in [-0.15, -0.1) is 0 Å². The number of hydrogen-bond acceptors (Lipinski definition) is 7. The van der Waals surface area contributed by atoms with E-state index < -0.39 is 16.6 Å². The number of nitro groups is 1. The van der Waals surface area contributed by atoms with Crippen molar-refractivity contribution in [1.82, 2.24) is 25.0 Å². The minimum absolute atomic E-state index is 0.0630. The molecular formula is C20H26N6O5. The van der Waals surface area contributed by atoms with Crippen LogP contribution in [0, 0.1) is 16.0 Å². The van der Waals surface area contributed by atoms with Crippen LogP contribution in [0.4, 0.5) is 10.5 Å². The molecule has 0 spiro atoms. The van der Waals surface area contributed by atoms with Gasteiger partial charge in [-0.3, -0.25) is 14.9 Å². The molecular weight excluding hydrogens is 404 g/mol. The lowest BCUT2D eigenvalue weighted by Crippen LogP contribution is -2.37. The highest BCUT2D eigenvalue weighted by Gasteiger charge is 2.34. The molecule has 1 N–H and O–H groups in total. The van der Waals surface area contributed by atoms with Crippen LogP contribution in [0.5, 0.6) is 0 Å². The average molecular weight is 430 g/mol. The summed E-state index contributed by atoms with van der Waals surface area (Å²) in [6.07, 6.45) is 2.85. The molecule has 0 unspecified atom stereocenters. The number of ether oxygens (including phenoxy) is 1. The molecule has 2 atom stereocenters. The summed E-state index contributed by atoms with van der Waals surface area (Å²) in [6, 6.07) is 4.23. The number of carbonyl (C=O) groups is 2. The van der Waals surface area contributed by atoms with E-state index in [2.05, 4.69) is 15.4 Å². The molecule has 2 amide bonds. The number of alkyl carbamates (subject to hydrolysis) is 1. The molecule has 11 heteroatoms. The van der Waals surface area contributed by atoms with Crippen molar-refractivity contribution in [2.45, 2.75) is 45.8 Å². The maximum Gasteiger partial charge on any atom is 0.407 e. The number of carbonyl (C=O) groups excluding carboxylic acids is 2. The second-order valence-corrected chi connectivity index (χ2v) is 8.59. The summed E-state index contributed by atoms with van der Waals surface area (Å²) in [5.74, 6) is -0.226. The highest BCUT2D eigenvalue weighted by Crippen LogP contribution is 2.28. The van der Waals surface area contributed by atoms with Crippen LogP contribution < -0.4 is 5.32 Å². The van der Waals surface area contributed by atoms with E-state index in [4.69, 9.17) is 4.74 Å². The van der Waals surface area contributed by atoms with Crippen LogP contribution in [0.15, 0.2) is 30.9 Å². The van der Waals surface area contributed by atoms with Gasteiger partial charge < -0.3 is 15.0 Å². The van der Waals surface area contributed by atoms with Crippen LogP contribution in [0.3, 0.4) is 0 Å². The number of likely N-dealkylation sites (tertiary alicyclic amines) is 1. The normalized spacial score (nSPS) is 18.6. The molecule has 1 aromatic carbocycles. The summed E-state index contributed by atoms with van der Waals surface area (Å²) in [5, 5.41) is 18.2. The Morgan fingerprint density at radius 3 is 2.71 bits per heavy atom. The van der Waals surface area contributed by atoms with Gasteiger partial charge in [-0.2, -0.15) is 5.10 Å². The summed E-state index contributed by atoms with van der Waals surface area (Å²) in [6.45, 7) is 8.11. The zero-order chi connectivity index (χ0) is 22.8. The molecule has 2 aromatic rings. The molecule has 0 saturated carbocycles. The number of benzene rings is 1. The van der Waals surface area contributed by atoms with E-state index in [1.807, 2.05) is 6.92 Å². The second-order valence-electron chi connectivity index (χ2n) is 8.59. The van der Waals surface area contributed by atoms with Gasteiger partial charge in [0.25, 0.3) is 11.6 Å². The molecule has 1 aliphatic heterocycles. The fourth-order valence-electron chi connectivity index (χ4n) is 3.61. The third-order valence-electron chi connectivity index (χ3n) is 4.94. The van der Waals surface area contributed by atoms with E-state index in [1.165, 1.54) is 29.5 Å². The fraction of sp³-hybridized carbons (Fsp3) is 0.500. The quantitative estimate of drug-likeness (QED) is 0.569. The summed E-state index contributed by atoms with van der Waals surface area (Å²) in [7, 11) is 0. The molecule has 1 aromatic heterocycles. The third-order valence-corrected chi connectivity index (χ3v) is 4.94. The Kier molecular flexibility index (Phi) is 6.23. The molecule has 0 radical (unpaired) electrons.